The van der Waals surface area contributed by atoms with Gasteiger partial charge in [0.25, 0.3) is 0 Å². The molecule has 0 fully saturated rings. The van der Waals surface area contributed by atoms with Crippen LogP contribution in [0.1, 0.15) is 18.1 Å². The van der Waals surface area contributed by atoms with E-state index >= 15 is 0 Å². The van der Waals surface area contributed by atoms with Crippen LogP contribution in [0, 0.1) is 0 Å². The van der Waals surface area contributed by atoms with E-state index in [1.807, 2.05) is 6.07 Å². The standard InChI is InChI=1S/C20H18N2S/c1-2-23-20-21-18(15-9-4-3-5-10-15)17-13-12-14-8-6-7-11-16(14)19(17)22-20/h3-11H,2,12-13H2,1H3. The maximum absolute atomic E-state index is 4.88. The summed E-state index contributed by atoms with van der Waals surface area (Å²) < 4.78 is 0. The van der Waals surface area contributed by atoms with Gasteiger partial charge in [-0.3, -0.25) is 0 Å². The van der Waals surface area contributed by atoms with E-state index in [0.29, 0.717) is 0 Å². The Morgan fingerprint density at radius 1 is 0.870 bits per heavy atom. The summed E-state index contributed by atoms with van der Waals surface area (Å²) in [5.74, 6) is 0.981. The summed E-state index contributed by atoms with van der Waals surface area (Å²) >= 11 is 1.71. The zero-order valence-electron chi connectivity index (χ0n) is 13.1. The molecule has 2 nitrogen and oxygen atoms in total. The number of hydrogen-bond acceptors (Lipinski definition) is 3. The van der Waals surface area contributed by atoms with Crippen LogP contribution in [0.5, 0.6) is 0 Å². The van der Waals surface area contributed by atoms with E-state index < -0.39 is 0 Å². The van der Waals surface area contributed by atoms with Crippen LogP contribution in [0.25, 0.3) is 22.5 Å². The minimum absolute atomic E-state index is 0.877. The molecule has 0 unspecified atom stereocenters. The Hall–Kier alpha value is -2.13. The molecule has 0 aliphatic heterocycles. The number of fused-ring (bicyclic) bond motifs is 3. The Balaban J connectivity index is 1.96. The first kappa shape index (κ1) is 14.5. The highest BCUT2D eigenvalue weighted by Crippen LogP contribution is 2.37. The second kappa shape index (κ2) is 6.17. The van der Waals surface area contributed by atoms with Gasteiger partial charge in [0.1, 0.15) is 0 Å². The molecule has 114 valence electrons. The van der Waals surface area contributed by atoms with Gasteiger partial charge in [0.15, 0.2) is 5.16 Å². The second-order valence-electron chi connectivity index (χ2n) is 5.64. The van der Waals surface area contributed by atoms with Crippen molar-refractivity contribution in [1.82, 2.24) is 9.97 Å². The van der Waals surface area contributed by atoms with Crippen molar-refractivity contribution >= 4 is 11.8 Å². The van der Waals surface area contributed by atoms with E-state index in [9.17, 15) is 0 Å². The van der Waals surface area contributed by atoms with E-state index in [0.717, 1.165) is 35.1 Å². The first-order valence-corrected chi connectivity index (χ1v) is 9.03. The van der Waals surface area contributed by atoms with Crippen molar-refractivity contribution in [2.75, 3.05) is 5.75 Å². The molecular formula is C20H18N2S. The predicted octanol–water partition coefficient (Wildman–Crippen LogP) is 5.02. The minimum atomic E-state index is 0.877. The molecular weight excluding hydrogens is 300 g/mol. The lowest BCUT2D eigenvalue weighted by molar-refractivity contribution is 0.874. The maximum Gasteiger partial charge on any atom is 0.188 e. The number of aromatic nitrogens is 2. The van der Waals surface area contributed by atoms with Gasteiger partial charge >= 0.3 is 0 Å². The van der Waals surface area contributed by atoms with Gasteiger partial charge in [-0.2, -0.15) is 0 Å². The third-order valence-corrected chi connectivity index (χ3v) is 4.95. The smallest absolute Gasteiger partial charge is 0.188 e. The van der Waals surface area contributed by atoms with Crippen molar-refractivity contribution in [2.45, 2.75) is 24.9 Å². The average Bonchev–Trinajstić information content (AvgIpc) is 2.62. The van der Waals surface area contributed by atoms with Gasteiger partial charge < -0.3 is 0 Å². The number of rotatable bonds is 3. The highest BCUT2D eigenvalue weighted by Gasteiger charge is 2.22. The Morgan fingerprint density at radius 3 is 2.43 bits per heavy atom. The number of hydrogen-bond donors (Lipinski definition) is 0. The van der Waals surface area contributed by atoms with E-state index in [2.05, 4.69) is 55.5 Å². The summed E-state index contributed by atoms with van der Waals surface area (Å²) in [7, 11) is 0. The monoisotopic (exact) mass is 318 g/mol. The van der Waals surface area contributed by atoms with E-state index in [-0.39, 0.29) is 0 Å². The number of nitrogens with zero attached hydrogens (tertiary/aromatic N) is 2. The lowest BCUT2D eigenvalue weighted by Gasteiger charge is -2.22. The van der Waals surface area contributed by atoms with Crippen molar-refractivity contribution in [2.24, 2.45) is 0 Å². The Bertz CT molecular complexity index is 826. The highest BCUT2D eigenvalue weighted by atomic mass is 32.2. The van der Waals surface area contributed by atoms with Gasteiger partial charge in [-0.05, 0) is 24.2 Å². The van der Waals surface area contributed by atoms with Crippen molar-refractivity contribution in [3.05, 3.63) is 65.7 Å². The van der Waals surface area contributed by atoms with Crippen LogP contribution in [0.2, 0.25) is 0 Å². The SMILES string of the molecule is CCSc1nc(-c2ccccc2)c2c(n1)-c1ccccc1CC2. The van der Waals surface area contributed by atoms with Crippen molar-refractivity contribution in [3.63, 3.8) is 0 Å². The summed E-state index contributed by atoms with van der Waals surface area (Å²) in [5.41, 5.74) is 7.35. The summed E-state index contributed by atoms with van der Waals surface area (Å²) in [6, 6.07) is 19.1. The molecule has 1 aliphatic carbocycles. The number of aryl methyl sites for hydroxylation is 1. The molecule has 0 radical (unpaired) electrons. The highest BCUT2D eigenvalue weighted by molar-refractivity contribution is 7.99. The zero-order valence-corrected chi connectivity index (χ0v) is 13.9. The molecule has 0 saturated carbocycles. The molecule has 3 heteroatoms. The molecule has 1 heterocycles. The Morgan fingerprint density at radius 2 is 1.61 bits per heavy atom. The third kappa shape index (κ3) is 2.66. The lowest BCUT2D eigenvalue weighted by Crippen LogP contribution is -2.10. The first-order chi connectivity index (χ1) is 11.4. The van der Waals surface area contributed by atoms with Crippen LogP contribution >= 0.6 is 11.8 Å². The van der Waals surface area contributed by atoms with E-state index in [1.54, 1.807) is 11.8 Å². The van der Waals surface area contributed by atoms with Gasteiger partial charge in [0.2, 0.25) is 0 Å². The van der Waals surface area contributed by atoms with E-state index in [4.69, 9.17) is 9.97 Å². The second-order valence-corrected chi connectivity index (χ2v) is 6.87. The molecule has 2 aromatic carbocycles. The molecule has 3 aromatic rings. The minimum Gasteiger partial charge on any atom is -0.222 e. The molecule has 1 aliphatic rings. The normalized spacial score (nSPS) is 12.6. The van der Waals surface area contributed by atoms with Crippen LogP contribution in [0.15, 0.2) is 59.8 Å². The Kier molecular flexibility index (Phi) is 3.88. The molecule has 0 spiro atoms. The van der Waals surface area contributed by atoms with Gasteiger partial charge in [0.05, 0.1) is 11.4 Å². The fraction of sp³-hybridized carbons (Fsp3) is 0.200. The Labute approximate surface area is 141 Å². The fourth-order valence-electron chi connectivity index (χ4n) is 3.18. The summed E-state index contributed by atoms with van der Waals surface area (Å²) in [6.07, 6.45) is 2.07. The van der Waals surface area contributed by atoms with Gasteiger partial charge in [-0.1, -0.05) is 73.3 Å². The summed E-state index contributed by atoms with van der Waals surface area (Å²) in [6.45, 7) is 2.14. The molecule has 4 rings (SSSR count). The molecule has 0 saturated heterocycles. The molecule has 0 N–H and O–H groups in total. The van der Waals surface area contributed by atoms with Crippen LogP contribution in [-0.2, 0) is 12.8 Å². The molecule has 23 heavy (non-hydrogen) atoms. The quantitative estimate of drug-likeness (QED) is 0.501. The average molecular weight is 318 g/mol. The van der Waals surface area contributed by atoms with Gasteiger partial charge in [-0.15, -0.1) is 0 Å². The van der Waals surface area contributed by atoms with E-state index in [1.165, 1.54) is 22.3 Å². The molecule has 0 bridgehead atoms. The molecule has 1 aromatic heterocycles. The first-order valence-electron chi connectivity index (χ1n) is 8.04. The van der Waals surface area contributed by atoms with Crippen molar-refractivity contribution in [1.29, 1.82) is 0 Å². The summed E-state index contributed by atoms with van der Waals surface area (Å²) in [5, 5.41) is 0.877. The van der Waals surface area contributed by atoms with Crippen LogP contribution < -0.4 is 0 Å². The number of benzene rings is 2. The predicted molar refractivity (Wildman–Crippen MR) is 96.7 cm³/mol. The zero-order chi connectivity index (χ0) is 15.6. The number of thioether (sulfide) groups is 1. The summed E-state index contributed by atoms with van der Waals surface area (Å²) in [4.78, 5) is 9.75. The van der Waals surface area contributed by atoms with Gasteiger partial charge in [-0.25, -0.2) is 9.97 Å². The molecule has 0 atom stereocenters. The topological polar surface area (TPSA) is 25.8 Å². The van der Waals surface area contributed by atoms with Gasteiger partial charge in [0, 0.05) is 16.7 Å². The third-order valence-electron chi connectivity index (χ3n) is 4.22. The van der Waals surface area contributed by atoms with Crippen LogP contribution in [0.3, 0.4) is 0 Å². The van der Waals surface area contributed by atoms with Crippen LogP contribution in [0.4, 0.5) is 0 Å². The van der Waals surface area contributed by atoms with Crippen LogP contribution in [-0.4, -0.2) is 15.7 Å². The van der Waals surface area contributed by atoms with Crippen molar-refractivity contribution < 1.29 is 0 Å². The van der Waals surface area contributed by atoms with Crippen molar-refractivity contribution in [3.8, 4) is 22.5 Å². The largest absolute Gasteiger partial charge is 0.222 e. The fourth-order valence-corrected chi connectivity index (χ4v) is 3.75. The lowest BCUT2D eigenvalue weighted by atomic mass is 9.87. The molecule has 0 amide bonds. The maximum atomic E-state index is 4.88.